The van der Waals surface area contributed by atoms with Crippen molar-refractivity contribution in [2.75, 3.05) is 0 Å². The Morgan fingerprint density at radius 3 is 2.58 bits per heavy atom. The van der Waals surface area contributed by atoms with E-state index in [4.69, 9.17) is 16.7 Å². The lowest BCUT2D eigenvalue weighted by atomic mass is 9.98. The highest BCUT2D eigenvalue weighted by Gasteiger charge is 2.55. The summed E-state index contributed by atoms with van der Waals surface area (Å²) in [5.41, 5.74) is 0. The Bertz CT molecular complexity index is 251. The average molecular weight is 189 g/mol. The second kappa shape index (κ2) is 2.46. The van der Waals surface area contributed by atoms with E-state index in [1.165, 1.54) is 0 Å². The summed E-state index contributed by atoms with van der Waals surface area (Å²) in [5, 5.41) is 8.72. The molecule has 2 rings (SSSR count). The van der Waals surface area contributed by atoms with Crippen molar-refractivity contribution in [3.8, 4) is 0 Å². The van der Waals surface area contributed by atoms with Crippen LogP contribution >= 0.6 is 11.6 Å². The lowest BCUT2D eigenvalue weighted by Gasteiger charge is -2.12. The van der Waals surface area contributed by atoms with Crippen molar-refractivity contribution < 1.29 is 14.7 Å². The Labute approximate surface area is 74.7 Å². The van der Waals surface area contributed by atoms with Gasteiger partial charge in [-0.15, -0.1) is 11.6 Å². The average Bonchev–Trinajstić information content (AvgIpc) is 2.41. The number of halogens is 1. The molecule has 0 spiro atoms. The van der Waals surface area contributed by atoms with Crippen LogP contribution in [0.1, 0.15) is 12.8 Å². The molecule has 2 saturated carbocycles. The quantitative estimate of drug-likeness (QED) is 0.623. The molecule has 4 atom stereocenters. The van der Waals surface area contributed by atoms with Crippen LogP contribution in [0.15, 0.2) is 0 Å². The first kappa shape index (κ1) is 8.05. The van der Waals surface area contributed by atoms with E-state index in [1.54, 1.807) is 0 Å². The minimum Gasteiger partial charge on any atom is -0.481 e. The van der Waals surface area contributed by atoms with Gasteiger partial charge in [0.25, 0.3) is 0 Å². The number of rotatable bonds is 1. The molecule has 0 aromatic heterocycles. The van der Waals surface area contributed by atoms with E-state index in [0.717, 1.165) is 0 Å². The molecule has 0 heterocycles. The summed E-state index contributed by atoms with van der Waals surface area (Å²) in [6.07, 6.45) is 0.928. The lowest BCUT2D eigenvalue weighted by molar-refractivity contribution is -0.144. The maximum atomic E-state index is 11.2. The number of carboxylic acids is 1. The second-order valence-corrected chi connectivity index (χ2v) is 4.12. The number of aliphatic carboxylic acids is 1. The van der Waals surface area contributed by atoms with Crippen LogP contribution in [0.3, 0.4) is 0 Å². The zero-order chi connectivity index (χ0) is 8.88. The molecule has 2 aliphatic rings. The van der Waals surface area contributed by atoms with Crippen molar-refractivity contribution in [3.63, 3.8) is 0 Å². The number of alkyl halides is 1. The second-order valence-electron chi connectivity index (χ2n) is 3.56. The predicted octanol–water partition coefficient (Wildman–Crippen LogP) is 0.904. The van der Waals surface area contributed by atoms with Crippen molar-refractivity contribution in [2.24, 2.45) is 17.8 Å². The van der Waals surface area contributed by atoms with Crippen molar-refractivity contribution >= 4 is 23.4 Å². The van der Waals surface area contributed by atoms with Gasteiger partial charge < -0.3 is 5.11 Å². The minimum atomic E-state index is -0.862. The van der Waals surface area contributed by atoms with Crippen molar-refractivity contribution in [3.05, 3.63) is 0 Å². The number of carboxylic acid groups (broad SMARTS) is 1. The molecule has 0 radical (unpaired) electrons. The summed E-state index contributed by atoms with van der Waals surface area (Å²) in [7, 11) is 0. The standard InChI is InChI=1S/C8H9ClO3/c9-5-1-4-6(10)2-3(5)7(4)8(11)12/h3-5,7H,1-2H2,(H,11,12)/t3-,4-,5+,7?/m1/s1. The van der Waals surface area contributed by atoms with Gasteiger partial charge in [0.1, 0.15) is 5.78 Å². The highest BCUT2D eigenvalue weighted by molar-refractivity contribution is 6.22. The molecule has 0 aromatic rings. The fraction of sp³-hybridized carbons (Fsp3) is 0.750. The number of carbonyl (C=O) groups is 2. The van der Waals surface area contributed by atoms with Crippen LogP contribution in [-0.4, -0.2) is 22.2 Å². The Kier molecular flexibility index (Phi) is 1.65. The SMILES string of the molecule is O=C(O)C1[C@@H]2C[C@H](Cl)[C@H]1CC2=O. The first-order chi connectivity index (χ1) is 5.61. The number of Topliss-reactive ketones (excluding diaryl/α,β-unsaturated/α-hetero) is 1. The number of ketones is 1. The largest absolute Gasteiger partial charge is 0.481 e. The third-order valence-electron chi connectivity index (χ3n) is 2.97. The van der Waals surface area contributed by atoms with Crippen LogP contribution < -0.4 is 0 Å². The Balaban J connectivity index is 2.28. The molecule has 0 saturated heterocycles. The Morgan fingerprint density at radius 2 is 2.25 bits per heavy atom. The fourth-order valence-corrected chi connectivity index (χ4v) is 2.85. The van der Waals surface area contributed by atoms with Gasteiger partial charge in [-0.25, -0.2) is 0 Å². The van der Waals surface area contributed by atoms with Crippen LogP contribution in [0.4, 0.5) is 0 Å². The highest BCUT2D eigenvalue weighted by Crippen LogP contribution is 2.49. The summed E-state index contributed by atoms with van der Waals surface area (Å²) in [5.74, 6) is -1.68. The molecule has 4 heteroatoms. The van der Waals surface area contributed by atoms with Crippen LogP contribution in [0.25, 0.3) is 0 Å². The molecule has 0 aromatic carbocycles. The maximum absolute atomic E-state index is 11.2. The molecule has 1 unspecified atom stereocenters. The van der Waals surface area contributed by atoms with Gasteiger partial charge in [-0.2, -0.15) is 0 Å². The topological polar surface area (TPSA) is 54.4 Å². The molecule has 12 heavy (non-hydrogen) atoms. The molecule has 66 valence electrons. The predicted molar refractivity (Wildman–Crippen MR) is 42.0 cm³/mol. The van der Waals surface area contributed by atoms with E-state index in [9.17, 15) is 9.59 Å². The van der Waals surface area contributed by atoms with E-state index in [2.05, 4.69) is 0 Å². The van der Waals surface area contributed by atoms with Crippen molar-refractivity contribution in [1.82, 2.24) is 0 Å². The zero-order valence-electron chi connectivity index (χ0n) is 6.37. The Morgan fingerprint density at radius 1 is 1.58 bits per heavy atom. The molecule has 2 bridgehead atoms. The first-order valence-electron chi connectivity index (χ1n) is 4.01. The maximum Gasteiger partial charge on any atom is 0.307 e. The monoisotopic (exact) mass is 188 g/mol. The molecule has 2 aliphatic carbocycles. The highest BCUT2D eigenvalue weighted by atomic mass is 35.5. The molecule has 1 N–H and O–H groups in total. The van der Waals surface area contributed by atoms with Crippen LogP contribution in [-0.2, 0) is 9.59 Å². The molecule has 3 nitrogen and oxygen atoms in total. The summed E-state index contributed by atoms with van der Waals surface area (Å²) < 4.78 is 0. The summed E-state index contributed by atoms with van der Waals surface area (Å²) in [6, 6.07) is 0. The minimum absolute atomic E-state index is 0.0873. The van der Waals surface area contributed by atoms with Gasteiger partial charge in [0.2, 0.25) is 0 Å². The summed E-state index contributed by atoms with van der Waals surface area (Å²) in [4.78, 5) is 21.9. The van der Waals surface area contributed by atoms with Gasteiger partial charge in [-0.3, -0.25) is 9.59 Å². The van der Waals surface area contributed by atoms with Gasteiger partial charge in [0.05, 0.1) is 5.92 Å². The van der Waals surface area contributed by atoms with Crippen LogP contribution in [0, 0.1) is 17.8 Å². The van der Waals surface area contributed by atoms with E-state index >= 15 is 0 Å². The first-order valence-corrected chi connectivity index (χ1v) is 4.44. The van der Waals surface area contributed by atoms with Crippen LogP contribution in [0.2, 0.25) is 0 Å². The van der Waals surface area contributed by atoms with Crippen LogP contribution in [0.5, 0.6) is 0 Å². The molecular formula is C8H9ClO3. The van der Waals surface area contributed by atoms with Gasteiger partial charge in [0.15, 0.2) is 0 Å². The van der Waals surface area contributed by atoms with Gasteiger partial charge in [-0.05, 0) is 12.3 Å². The fourth-order valence-electron chi connectivity index (χ4n) is 2.41. The van der Waals surface area contributed by atoms with E-state index < -0.39 is 11.9 Å². The van der Waals surface area contributed by atoms with Crippen molar-refractivity contribution in [1.29, 1.82) is 0 Å². The number of fused-ring (bicyclic) bond motifs is 2. The van der Waals surface area contributed by atoms with E-state index in [-0.39, 0.29) is 23.0 Å². The Hall–Kier alpha value is -0.570. The van der Waals surface area contributed by atoms with Gasteiger partial charge in [0, 0.05) is 17.7 Å². The third kappa shape index (κ3) is 0.891. The third-order valence-corrected chi connectivity index (χ3v) is 3.48. The molecule has 0 aliphatic heterocycles. The number of hydrogen-bond acceptors (Lipinski definition) is 2. The van der Waals surface area contributed by atoms with E-state index in [1.807, 2.05) is 0 Å². The van der Waals surface area contributed by atoms with Gasteiger partial charge >= 0.3 is 5.97 Å². The lowest BCUT2D eigenvalue weighted by Crippen LogP contribution is -2.20. The van der Waals surface area contributed by atoms with E-state index in [0.29, 0.717) is 12.8 Å². The van der Waals surface area contributed by atoms with Gasteiger partial charge in [-0.1, -0.05) is 0 Å². The van der Waals surface area contributed by atoms with Crippen molar-refractivity contribution in [2.45, 2.75) is 18.2 Å². The number of carbonyl (C=O) groups excluding carboxylic acids is 1. The molecule has 2 fully saturated rings. The molecule has 0 amide bonds. The molecular weight excluding hydrogens is 180 g/mol. The zero-order valence-corrected chi connectivity index (χ0v) is 7.12. The summed E-state index contributed by atoms with van der Waals surface area (Å²) in [6.45, 7) is 0. The normalized spacial score (nSPS) is 45.2. The number of hydrogen-bond donors (Lipinski definition) is 1. The summed E-state index contributed by atoms with van der Waals surface area (Å²) >= 11 is 5.90. The smallest absolute Gasteiger partial charge is 0.307 e.